The molecule has 4 nitrogen and oxygen atoms in total. The monoisotopic (exact) mass is 262 g/mol. The van der Waals surface area contributed by atoms with Crippen molar-refractivity contribution in [1.82, 2.24) is 10.2 Å². The van der Waals surface area contributed by atoms with Crippen molar-refractivity contribution in [2.75, 3.05) is 26.7 Å². The van der Waals surface area contributed by atoms with E-state index in [0.717, 1.165) is 30.9 Å². The summed E-state index contributed by atoms with van der Waals surface area (Å²) in [4.78, 5) is 14.4. The van der Waals surface area contributed by atoms with Crippen LogP contribution in [0.15, 0.2) is 24.3 Å². The van der Waals surface area contributed by atoms with Crippen LogP contribution in [0.4, 0.5) is 0 Å². The van der Waals surface area contributed by atoms with Crippen molar-refractivity contribution in [2.24, 2.45) is 5.92 Å². The molecule has 4 heteroatoms. The average molecular weight is 262 g/mol. The maximum Gasteiger partial charge on any atom is 0.253 e. The second kappa shape index (κ2) is 6.06. The van der Waals surface area contributed by atoms with Crippen molar-refractivity contribution in [3.05, 3.63) is 29.8 Å². The first-order valence-corrected chi connectivity index (χ1v) is 6.78. The van der Waals surface area contributed by atoms with Crippen LogP contribution in [0.1, 0.15) is 24.2 Å². The van der Waals surface area contributed by atoms with Crippen LogP contribution >= 0.6 is 0 Å². The Hall–Kier alpha value is -1.55. The van der Waals surface area contributed by atoms with E-state index in [0.29, 0.717) is 12.0 Å². The summed E-state index contributed by atoms with van der Waals surface area (Å²) in [7, 11) is 1.63. The van der Waals surface area contributed by atoms with E-state index in [9.17, 15) is 4.79 Å². The highest BCUT2D eigenvalue weighted by Gasteiger charge is 2.25. The van der Waals surface area contributed by atoms with Gasteiger partial charge in [-0.3, -0.25) is 4.79 Å². The minimum Gasteiger partial charge on any atom is -0.497 e. The molecule has 1 saturated heterocycles. The van der Waals surface area contributed by atoms with Gasteiger partial charge in [0.2, 0.25) is 0 Å². The number of benzene rings is 1. The van der Waals surface area contributed by atoms with Crippen LogP contribution in [0.2, 0.25) is 0 Å². The molecule has 1 amide bonds. The van der Waals surface area contributed by atoms with E-state index < -0.39 is 0 Å². The first-order chi connectivity index (χ1) is 9.11. The van der Waals surface area contributed by atoms with Crippen LogP contribution < -0.4 is 10.1 Å². The molecule has 0 bridgehead atoms. The van der Waals surface area contributed by atoms with E-state index in [1.54, 1.807) is 7.11 Å². The van der Waals surface area contributed by atoms with Gasteiger partial charge in [0.15, 0.2) is 0 Å². The molecule has 0 spiro atoms. The summed E-state index contributed by atoms with van der Waals surface area (Å²) in [6, 6.07) is 7.70. The topological polar surface area (TPSA) is 41.6 Å². The number of ether oxygens (including phenoxy) is 1. The molecule has 0 aromatic heterocycles. The fourth-order valence-electron chi connectivity index (χ4n) is 2.33. The Morgan fingerprint density at radius 1 is 1.37 bits per heavy atom. The quantitative estimate of drug-likeness (QED) is 0.902. The number of nitrogens with one attached hydrogen (secondary N) is 1. The van der Waals surface area contributed by atoms with Crippen LogP contribution in [0, 0.1) is 5.92 Å². The Labute approximate surface area is 114 Å². The number of amides is 1. The summed E-state index contributed by atoms with van der Waals surface area (Å²) in [5.74, 6) is 1.41. The highest BCUT2D eigenvalue weighted by Crippen LogP contribution is 2.15. The SMILES string of the molecule is COc1ccc(C(=O)N2CCNC(C(C)C)C2)cc1. The molecule has 1 unspecified atom stereocenters. The van der Waals surface area contributed by atoms with Gasteiger partial charge in [0.25, 0.3) is 5.91 Å². The van der Waals surface area contributed by atoms with Gasteiger partial charge in [0.05, 0.1) is 7.11 Å². The lowest BCUT2D eigenvalue weighted by Crippen LogP contribution is -2.54. The Bertz CT molecular complexity index is 428. The molecule has 1 aromatic rings. The van der Waals surface area contributed by atoms with Gasteiger partial charge in [-0.1, -0.05) is 13.8 Å². The number of hydrogen-bond acceptors (Lipinski definition) is 3. The Morgan fingerprint density at radius 2 is 2.05 bits per heavy atom. The van der Waals surface area contributed by atoms with Gasteiger partial charge in [-0.15, -0.1) is 0 Å². The molecular formula is C15H22N2O2. The molecule has 104 valence electrons. The molecule has 0 saturated carbocycles. The summed E-state index contributed by atoms with van der Waals surface area (Å²) < 4.78 is 5.11. The Kier molecular flexibility index (Phi) is 4.43. The van der Waals surface area contributed by atoms with Gasteiger partial charge in [-0.05, 0) is 30.2 Å². The number of nitrogens with zero attached hydrogens (tertiary/aromatic N) is 1. The van der Waals surface area contributed by atoms with E-state index in [2.05, 4.69) is 19.2 Å². The largest absolute Gasteiger partial charge is 0.497 e. The molecule has 1 heterocycles. The average Bonchev–Trinajstić information content (AvgIpc) is 2.46. The maximum absolute atomic E-state index is 12.4. The summed E-state index contributed by atoms with van der Waals surface area (Å²) >= 11 is 0. The minimum atomic E-state index is 0.106. The van der Waals surface area contributed by atoms with Crippen molar-refractivity contribution in [3.63, 3.8) is 0 Å². The van der Waals surface area contributed by atoms with Gasteiger partial charge < -0.3 is 15.0 Å². The van der Waals surface area contributed by atoms with Gasteiger partial charge >= 0.3 is 0 Å². The lowest BCUT2D eigenvalue weighted by Gasteiger charge is -2.35. The lowest BCUT2D eigenvalue weighted by atomic mass is 10.0. The molecule has 1 N–H and O–H groups in total. The number of hydrogen-bond donors (Lipinski definition) is 1. The van der Waals surface area contributed by atoms with Crippen LogP contribution in [0.25, 0.3) is 0 Å². The van der Waals surface area contributed by atoms with Crippen LogP contribution in [-0.2, 0) is 0 Å². The highest BCUT2D eigenvalue weighted by atomic mass is 16.5. The fourth-order valence-corrected chi connectivity index (χ4v) is 2.33. The number of carbonyl (C=O) groups excluding carboxylic acids is 1. The number of piperazine rings is 1. The van der Waals surface area contributed by atoms with Gasteiger partial charge in [0, 0.05) is 31.2 Å². The zero-order valence-corrected chi connectivity index (χ0v) is 11.8. The molecule has 1 atom stereocenters. The normalized spacial score (nSPS) is 19.6. The summed E-state index contributed by atoms with van der Waals surface area (Å²) in [6.45, 7) is 6.78. The smallest absolute Gasteiger partial charge is 0.253 e. The minimum absolute atomic E-state index is 0.106. The highest BCUT2D eigenvalue weighted by molar-refractivity contribution is 5.94. The van der Waals surface area contributed by atoms with E-state index in [1.165, 1.54) is 0 Å². The predicted molar refractivity (Wildman–Crippen MR) is 75.5 cm³/mol. The van der Waals surface area contributed by atoms with Crippen LogP contribution in [0.3, 0.4) is 0 Å². The third kappa shape index (κ3) is 3.26. The fraction of sp³-hybridized carbons (Fsp3) is 0.533. The molecular weight excluding hydrogens is 240 g/mol. The van der Waals surface area contributed by atoms with Crippen molar-refractivity contribution in [1.29, 1.82) is 0 Å². The second-order valence-electron chi connectivity index (χ2n) is 5.28. The molecule has 1 aromatic carbocycles. The predicted octanol–water partition coefficient (Wildman–Crippen LogP) is 1.77. The number of rotatable bonds is 3. The van der Waals surface area contributed by atoms with Gasteiger partial charge in [-0.25, -0.2) is 0 Å². The maximum atomic E-state index is 12.4. The molecule has 1 fully saturated rings. The van der Waals surface area contributed by atoms with E-state index in [4.69, 9.17) is 4.74 Å². The zero-order chi connectivity index (χ0) is 13.8. The number of methoxy groups -OCH3 is 1. The van der Waals surface area contributed by atoms with Crippen molar-refractivity contribution < 1.29 is 9.53 Å². The summed E-state index contributed by atoms with van der Waals surface area (Å²) in [6.07, 6.45) is 0. The zero-order valence-electron chi connectivity index (χ0n) is 11.8. The standard InChI is InChI=1S/C15H22N2O2/c1-11(2)14-10-17(9-8-16-14)15(18)12-4-6-13(19-3)7-5-12/h4-7,11,14,16H,8-10H2,1-3H3. The third-order valence-electron chi connectivity index (χ3n) is 3.63. The number of carbonyl (C=O) groups is 1. The molecule has 0 radical (unpaired) electrons. The molecule has 1 aliphatic heterocycles. The Balaban J connectivity index is 2.05. The third-order valence-corrected chi connectivity index (χ3v) is 3.63. The molecule has 19 heavy (non-hydrogen) atoms. The van der Waals surface area contributed by atoms with Crippen molar-refractivity contribution in [3.8, 4) is 5.75 Å². The second-order valence-corrected chi connectivity index (χ2v) is 5.28. The lowest BCUT2D eigenvalue weighted by molar-refractivity contribution is 0.0684. The van der Waals surface area contributed by atoms with Gasteiger partial charge in [0.1, 0.15) is 5.75 Å². The van der Waals surface area contributed by atoms with Gasteiger partial charge in [-0.2, -0.15) is 0 Å². The van der Waals surface area contributed by atoms with Crippen molar-refractivity contribution >= 4 is 5.91 Å². The molecule has 0 aliphatic carbocycles. The summed E-state index contributed by atoms with van der Waals surface area (Å²) in [5, 5.41) is 3.46. The van der Waals surface area contributed by atoms with Crippen LogP contribution in [0.5, 0.6) is 5.75 Å². The van der Waals surface area contributed by atoms with Crippen molar-refractivity contribution in [2.45, 2.75) is 19.9 Å². The Morgan fingerprint density at radius 3 is 2.63 bits per heavy atom. The van der Waals surface area contributed by atoms with E-state index in [1.807, 2.05) is 29.2 Å². The van der Waals surface area contributed by atoms with E-state index >= 15 is 0 Å². The van der Waals surface area contributed by atoms with Crippen LogP contribution in [-0.4, -0.2) is 43.6 Å². The van der Waals surface area contributed by atoms with E-state index in [-0.39, 0.29) is 5.91 Å². The summed E-state index contributed by atoms with van der Waals surface area (Å²) in [5.41, 5.74) is 0.727. The molecule has 1 aliphatic rings. The first kappa shape index (κ1) is 13.9. The molecule has 2 rings (SSSR count). The first-order valence-electron chi connectivity index (χ1n) is 6.78.